The van der Waals surface area contributed by atoms with Gasteiger partial charge in [-0.1, -0.05) is 30.3 Å². The van der Waals surface area contributed by atoms with Crippen LogP contribution in [-0.2, 0) is 4.79 Å². The SMILES string of the molecule is O=C(CCNc1ccc2ccccc2c1)NC1CC1. The van der Waals surface area contributed by atoms with Gasteiger partial charge in [0, 0.05) is 24.7 Å². The number of amides is 1. The van der Waals surface area contributed by atoms with Crippen LogP contribution in [-0.4, -0.2) is 18.5 Å². The average Bonchev–Trinajstić information content (AvgIpc) is 3.22. The van der Waals surface area contributed by atoms with Crippen molar-refractivity contribution in [2.24, 2.45) is 0 Å². The zero-order valence-corrected chi connectivity index (χ0v) is 10.9. The Labute approximate surface area is 113 Å². The quantitative estimate of drug-likeness (QED) is 0.861. The van der Waals surface area contributed by atoms with E-state index in [4.69, 9.17) is 0 Å². The molecule has 0 spiro atoms. The van der Waals surface area contributed by atoms with Crippen molar-refractivity contribution in [3.63, 3.8) is 0 Å². The van der Waals surface area contributed by atoms with Crippen molar-refractivity contribution in [2.45, 2.75) is 25.3 Å². The third-order valence-electron chi connectivity index (χ3n) is 3.37. The number of carbonyl (C=O) groups is 1. The molecule has 2 aromatic rings. The largest absolute Gasteiger partial charge is 0.385 e. The van der Waals surface area contributed by atoms with Crippen molar-refractivity contribution in [1.82, 2.24) is 5.32 Å². The summed E-state index contributed by atoms with van der Waals surface area (Å²) in [6.45, 7) is 0.677. The summed E-state index contributed by atoms with van der Waals surface area (Å²) in [6.07, 6.45) is 2.82. The van der Waals surface area contributed by atoms with E-state index in [1.807, 2.05) is 12.1 Å². The third-order valence-corrected chi connectivity index (χ3v) is 3.37. The standard InChI is InChI=1S/C16H18N2O/c19-16(18-14-7-8-14)9-10-17-15-6-5-12-3-1-2-4-13(12)11-15/h1-6,11,14,17H,7-10H2,(H,18,19). The molecular weight excluding hydrogens is 236 g/mol. The molecule has 0 unspecified atom stereocenters. The molecule has 1 fully saturated rings. The molecule has 2 N–H and O–H groups in total. The molecule has 1 amide bonds. The minimum Gasteiger partial charge on any atom is -0.385 e. The van der Waals surface area contributed by atoms with Crippen LogP contribution in [0.3, 0.4) is 0 Å². The van der Waals surface area contributed by atoms with Crippen LogP contribution in [0.2, 0.25) is 0 Å². The smallest absolute Gasteiger partial charge is 0.221 e. The summed E-state index contributed by atoms with van der Waals surface area (Å²) in [6, 6.07) is 15.0. The second kappa shape index (κ2) is 5.31. The minimum atomic E-state index is 0.149. The molecule has 0 aliphatic heterocycles. The number of carbonyl (C=O) groups excluding carboxylic acids is 1. The number of rotatable bonds is 5. The topological polar surface area (TPSA) is 41.1 Å². The lowest BCUT2D eigenvalue weighted by atomic mass is 10.1. The molecule has 0 aromatic heterocycles. The van der Waals surface area contributed by atoms with Gasteiger partial charge in [0.15, 0.2) is 0 Å². The highest BCUT2D eigenvalue weighted by molar-refractivity contribution is 5.85. The average molecular weight is 254 g/mol. The van der Waals surface area contributed by atoms with Gasteiger partial charge in [-0.2, -0.15) is 0 Å². The van der Waals surface area contributed by atoms with Gasteiger partial charge < -0.3 is 10.6 Å². The van der Waals surface area contributed by atoms with E-state index in [1.54, 1.807) is 0 Å². The van der Waals surface area contributed by atoms with E-state index >= 15 is 0 Å². The molecule has 0 saturated heterocycles. The Morgan fingerprint density at radius 1 is 1.11 bits per heavy atom. The lowest BCUT2D eigenvalue weighted by molar-refractivity contribution is -0.120. The van der Waals surface area contributed by atoms with Crippen LogP contribution < -0.4 is 10.6 Å². The maximum Gasteiger partial charge on any atom is 0.221 e. The van der Waals surface area contributed by atoms with E-state index in [0.717, 1.165) is 18.5 Å². The van der Waals surface area contributed by atoms with Gasteiger partial charge in [-0.15, -0.1) is 0 Å². The first-order valence-electron chi connectivity index (χ1n) is 6.83. The highest BCUT2D eigenvalue weighted by atomic mass is 16.1. The van der Waals surface area contributed by atoms with E-state index in [0.29, 0.717) is 19.0 Å². The molecule has 1 aliphatic carbocycles. The number of fused-ring (bicyclic) bond motifs is 1. The molecule has 98 valence electrons. The van der Waals surface area contributed by atoms with Gasteiger partial charge in [0.1, 0.15) is 0 Å². The first-order valence-corrected chi connectivity index (χ1v) is 6.83. The molecule has 0 heterocycles. The predicted molar refractivity (Wildman–Crippen MR) is 78.2 cm³/mol. The maximum atomic E-state index is 11.5. The number of nitrogens with one attached hydrogen (secondary N) is 2. The van der Waals surface area contributed by atoms with E-state index in [2.05, 4.69) is 41.0 Å². The summed E-state index contributed by atoms with van der Waals surface area (Å²) >= 11 is 0. The van der Waals surface area contributed by atoms with Gasteiger partial charge in [-0.05, 0) is 35.7 Å². The predicted octanol–water partition coefficient (Wildman–Crippen LogP) is 2.92. The summed E-state index contributed by atoms with van der Waals surface area (Å²) in [5.41, 5.74) is 1.07. The Bertz CT molecular complexity index is 590. The Kier molecular flexibility index (Phi) is 3.36. The normalized spacial score (nSPS) is 14.3. The maximum absolute atomic E-state index is 11.5. The minimum absolute atomic E-state index is 0.149. The van der Waals surface area contributed by atoms with Gasteiger partial charge >= 0.3 is 0 Å². The van der Waals surface area contributed by atoms with E-state index in [1.165, 1.54) is 10.8 Å². The fourth-order valence-corrected chi connectivity index (χ4v) is 2.15. The van der Waals surface area contributed by atoms with Crippen LogP contribution in [0.15, 0.2) is 42.5 Å². The highest BCUT2D eigenvalue weighted by Crippen LogP contribution is 2.19. The van der Waals surface area contributed by atoms with Gasteiger partial charge in [0.05, 0.1) is 0 Å². The number of hydrogen-bond acceptors (Lipinski definition) is 2. The summed E-state index contributed by atoms with van der Waals surface area (Å²) < 4.78 is 0. The van der Waals surface area contributed by atoms with Crippen molar-refractivity contribution < 1.29 is 4.79 Å². The fraction of sp³-hybridized carbons (Fsp3) is 0.312. The highest BCUT2D eigenvalue weighted by Gasteiger charge is 2.22. The van der Waals surface area contributed by atoms with Gasteiger partial charge in [-0.25, -0.2) is 0 Å². The van der Waals surface area contributed by atoms with E-state index in [-0.39, 0.29) is 5.91 Å². The van der Waals surface area contributed by atoms with Crippen molar-refractivity contribution in [3.05, 3.63) is 42.5 Å². The van der Waals surface area contributed by atoms with Crippen molar-refractivity contribution in [3.8, 4) is 0 Å². The Balaban J connectivity index is 1.54. The second-order valence-corrected chi connectivity index (χ2v) is 5.08. The van der Waals surface area contributed by atoms with Crippen molar-refractivity contribution >= 4 is 22.4 Å². The lowest BCUT2D eigenvalue weighted by Crippen LogP contribution is -2.27. The van der Waals surface area contributed by atoms with Gasteiger partial charge in [0.2, 0.25) is 5.91 Å². The number of benzene rings is 2. The molecule has 0 bridgehead atoms. The molecule has 0 radical (unpaired) electrons. The van der Waals surface area contributed by atoms with E-state index < -0.39 is 0 Å². The molecule has 1 aliphatic rings. The van der Waals surface area contributed by atoms with E-state index in [9.17, 15) is 4.79 Å². The number of anilines is 1. The molecule has 3 nitrogen and oxygen atoms in total. The number of hydrogen-bond donors (Lipinski definition) is 2. The second-order valence-electron chi connectivity index (χ2n) is 5.08. The molecule has 19 heavy (non-hydrogen) atoms. The van der Waals surface area contributed by atoms with Crippen molar-refractivity contribution in [1.29, 1.82) is 0 Å². The summed E-state index contributed by atoms with van der Waals surface area (Å²) in [5, 5.41) is 8.74. The van der Waals surface area contributed by atoms with Crippen LogP contribution in [0.4, 0.5) is 5.69 Å². The van der Waals surface area contributed by atoms with Crippen LogP contribution in [0, 0.1) is 0 Å². The molecule has 2 aromatic carbocycles. The van der Waals surface area contributed by atoms with Gasteiger partial charge in [-0.3, -0.25) is 4.79 Å². The molecular formula is C16H18N2O. The zero-order chi connectivity index (χ0) is 13.1. The molecule has 0 atom stereocenters. The summed E-state index contributed by atoms with van der Waals surface area (Å²) in [4.78, 5) is 11.5. The fourth-order valence-electron chi connectivity index (χ4n) is 2.15. The van der Waals surface area contributed by atoms with Gasteiger partial charge in [0.25, 0.3) is 0 Å². The third kappa shape index (κ3) is 3.25. The first kappa shape index (κ1) is 12.0. The molecule has 3 heteroatoms. The van der Waals surface area contributed by atoms with Crippen LogP contribution in [0.25, 0.3) is 10.8 Å². The Morgan fingerprint density at radius 2 is 1.89 bits per heavy atom. The van der Waals surface area contributed by atoms with Crippen molar-refractivity contribution in [2.75, 3.05) is 11.9 Å². The van der Waals surface area contributed by atoms with Crippen LogP contribution in [0.5, 0.6) is 0 Å². The monoisotopic (exact) mass is 254 g/mol. The molecule has 1 saturated carbocycles. The molecule has 3 rings (SSSR count). The Morgan fingerprint density at radius 3 is 2.68 bits per heavy atom. The summed E-state index contributed by atoms with van der Waals surface area (Å²) in [5.74, 6) is 0.149. The van der Waals surface area contributed by atoms with Crippen LogP contribution >= 0.6 is 0 Å². The van der Waals surface area contributed by atoms with Crippen LogP contribution in [0.1, 0.15) is 19.3 Å². The lowest BCUT2D eigenvalue weighted by Gasteiger charge is -2.08. The zero-order valence-electron chi connectivity index (χ0n) is 10.9. The first-order chi connectivity index (χ1) is 9.31. The summed E-state index contributed by atoms with van der Waals surface area (Å²) in [7, 11) is 0. The Hall–Kier alpha value is -2.03.